The lowest BCUT2D eigenvalue weighted by atomic mass is 9.68. The van der Waals surface area contributed by atoms with E-state index in [-0.39, 0.29) is 11.3 Å². The molecule has 2 rings (SSSR count). The highest BCUT2D eigenvalue weighted by Crippen LogP contribution is 2.39. The molecule has 0 atom stereocenters. The number of rotatable bonds is 6. The minimum atomic E-state index is -0.224. The molecule has 92 valence electrons. The SMILES string of the molecule is CN(CCNC(=O)C1(CN)CCC1)C1CC1. The van der Waals surface area contributed by atoms with E-state index < -0.39 is 0 Å². The van der Waals surface area contributed by atoms with Gasteiger partial charge in [0, 0.05) is 25.7 Å². The van der Waals surface area contributed by atoms with Crippen LogP contribution in [0.25, 0.3) is 0 Å². The molecule has 3 N–H and O–H groups in total. The second-order valence-electron chi connectivity index (χ2n) is 5.31. The molecule has 2 aliphatic rings. The van der Waals surface area contributed by atoms with Crippen molar-refractivity contribution >= 4 is 5.91 Å². The number of nitrogens with one attached hydrogen (secondary N) is 1. The van der Waals surface area contributed by atoms with E-state index in [1.807, 2.05) is 0 Å². The van der Waals surface area contributed by atoms with E-state index in [1.54, 1.807) is 0 Å². The summed E-state index contributed by atoms with van der Waals surface area (Å²) in [5, 5.41) is 3.03. The summed E-state index contributed by atoms with van der Waals surface area (Å²) in [6.45, 7) is 2.21. The number of hydrogen-bond donors (Lipinski definition) is 2. The zero-order valence-corrected chi connectivity index (χ0v) is 10.2. The molecule has 0 spiro atoms. The maximum atomic E-state index is 11.9. The standard InChI is InChI=1S/C12H23N3O/c1-15(10-3-4-10)8-7-14-11(16)12(9-13)5-2-6-12/h10H,2-9,13H2,1H3,(H,14,16). The van der Waals surface area contributed by atoms with Crippen LogP contribution in [0, 0.1) is 5.41 Å². The number of nitrogens with two attached hydrogens (primary N) is 1. The van der Waals surface area contributed by atoms with Crippen LogP contribution >= 0.6 is 0 Å². The minimum absolute atomic E-state index is 0.172. The molecule has 4 nitrogen and oxygen atoms in total. The Morgan fingerprint density at radius 2 is 2.19 bits per heavy atom. The molecule has 0 bridgehead atoms. The summed E-state index contributed by atoms with van der Waals surface area (Å²) in [5.74, 6) is 0.172. The first-order valence-electron chi connectivity index (χ1n) is 6.36. The van der Waals surface area contributed by atoms with Crippen molar-refractivity contribution in [2.24, 2.45) is 11.1 Å². The lowest BCUT2D eigenvalue weighted by Crippen LogP contribution is -2.51. The van der Waals surface area contributed by atoms with Crippen molar-refractivity contribution in [2.45, 2.75) is 38.1 Å². The van der Waals surface area contributed by atoms with Gasteiger partial charge in [0.15, 0.2) is 0 Å². The van der Waals surface area contributed by atoms with Gasteiger partial charge in [-0.3, -0.25) is 4.79 Å². The highest BCUT2D eigenvalue weighted by Gasteiger charge is 2.42. The summed E-state index contributed by atoms with van der Waals surface area (Å²) < 4.78 is 0. The summed E-state index contributed by atoms with van der Waals surface area (Å²) in [6, 6.07) is 0.768. The zero-order valence-electron chi connectivity index (χ0n) is 10.2. The fraction of sp³-hybridized carbons (Fsp3) is 0.917. The van der Waals surface area contributed by atoms with Crippen LogP contribution in [0.4, 0.5) is 0 Å². The topological polar surface area (TPSA) is 58.4 Å². The van der Waals surface area contributed by atoms with Gasteiger partial charge >= 0.3 is 0 Å². The average molecular weight is 225 g/mol. The molecule has 2 saturated carbocycles. The minimum Gasteiger partial charge on any atom is -0.354 e. The highest BCUT2D eigenvalue weighted by molar-refractivity contribution is 5.83. The molecule has 2 aliphatic carbocycles. The van der Waals surface area contributed by atoms with Gasteiger partial charge in [-0.1, -0.05) is 6.42 Å². The lowest BCUT2D eigenvalue weighted by molar-refractivity contribution is -0.135. The van der Waals surface area contributed by atoms with Crippen LogP contribution in [0.5, 0.6) is 0 Å². The van der Waals surface area contributed by atoms with Crippen molar-refractivity contribution in [3.8, 4) is 0 Å². The fourth-order valence-electron chi connectivity index (χ4n) is 2.36. The van der Waals surface area contributed by atoms with Crippen LogP contribution in [0.15, 0.2) is 0 Å². The highest BCUT2D eigenvalue weighted by atomic mass is 16.2. The molecule has 0 radical (unpaired) electrons. The second kappa shape index (κ2) is 4.72. The number of amides is 1. The predicted octanol–water partition coefficient (Wildman–Crippen LogP) is 0.326. The van der Waals surface area contributed by atoms with Gasteiger partial charge in [-0.2, -0.15) is 0 Å². The molecule has 0 heterocycles. The van der Waals surface area contributed by atoms with Gasteiger partial charge in [0.2, 0.25) is 5.91 Å². The van der Waals surface area contributed by atoms with Crippen molar-refractivity contribution < 1.29 is 4.79 Å². The third-order valence-electron chi connectivity index (χ3n) is 4.10. The molecule has 16 heavy (non-hydrogen) atoms. The number of hydrogen-bond acceptors (Lipinski definition) is 3. The van der Waals surface area contributed by atoms with E-state index in [2.05, 4.69) is 17.3 Å². The van der Waals surface area contributed by atoms with Gasteiger partial charge in [0.25, 0.3) is 0 Å². The summed E-state index contributed by atoms with van der Waals surface area (Å²) in [6.07, 6.45) is 5.71. The number of carbonyl (C=O) groups is 1. The molecule has 0 aromatic rings. The van der Waals surface area contributed by atoms with Gasteiger partial charge in [0.05, 0.1) is 5.41 Å². The van der Waals surface area contributed by atoms with Gasteiger partial charge in [0.1, 0.15) is 0 Å². The van der Waals surface area contributed by atoms with Gasteiger partial charge in [-0.25, -0.2) is 0 Å². The second-order valence-corrected chi connectivity index (χ2v) is 5.31. The van der Waals surface area contributed by atoms with E-state index in [1.165, 1.54) is 12.8 Å². The van der Waals surface area contributed by atoms with Gasteiger partial charge in [-0.15, -0.1) is 0 Å². The first-order chi connectivity index (χ1) is 7.68. The Morgan fingerprint density at radius 1 is 1.50 bits per heavy atom. The third kappa shape index (κ3) is 2.38. The van der Waals surface area contributed by atoms with Crippen LogP contribution in [0.3, 0.4) is 0 Å². The fourth-order valence-corrected chi connectivity index (χ4v) is 2.36. The Balaban J connectivity index is 1.66. The lowest BCUT2D eigenvalue weighted by Gasteiger charge is -2.39. The average Bonchev–Trinajstić information content (AvgIpc) is 2.99. The molecule has 0 aromatic carbocycles. The monoisotopic (exact) mass is 225 g/mol. The van der Waals surface area contributed by atoms with Crippen LogP contribution in [-0.4, -0.2) is 43.5 Å². The Labute approximate surface area is 97.6 Å². The Morgan fingerprint density at radius 3 is 2.62 bits per heavy atom. The molecular weight excluding hydrogens is 202 g/mol. The first-order valence-corrected chi connectivity index (χ1v) is 6.36. The number of nitrogens with zero attached hydrogens (tertiary/aromatic N) is 1. The van der Waals surface area contributed by atoms with Crippen LogP contribution in [0.2, 0.25) is 0 Å². The Kier molecular flexibility index (Phi) is 3.50. The summed E-state index contributed by atoms with van der Waals surface area (Å²) in [4.78, 5) is 14.3. The van der Waals surface area contributed by atoms with Crippen molar-refractivity contribution in [1.82, 2.24) is 10.2 Å². The van der Waals surface area contributed by atoms with Gasteiger partial charge in [-0.05, 0) is 32.7 Å². The maximum absolute atomic E-state index is 11.9. The first kappa shape index (κ1) is 11.9. The van der Waals surface area contributed by atoms with Crippen LogP contribution in [0.1, 0.15) is 32.1 Å². The third-order valence-corrected chi connectivity index (χ3v) is 4.10. The van der Waals surface area contributed by atoms with Crippen molar-refractivity contribution in [1.29, 1.82) is 0 Å². The quantitative estimate of drug-likeness (QED) is 0.685. The summed E-state index contributed by atoms with van der Waals surface area (Å²) in [5.41, 5.74) is 5.46. The molecule has 2 fully saturated rings. The molecule has 0 saturated heterocycles. The van der Waals surface area contributed by atoms with E-state index >= 15 is 0 Å². The molecular formula is C12H23N3O. The van der Waals surface area contributed by atoms with E-state index in [9.17, 15) is 4.79 Å². The van der Waals surface area contributed by atoms with Crippen molar-refractivity contribution in [2.75, 3.05) is 26.7 Å². The van der Waals surface area contributed by atoms with Crippen LogP contribution < -0.4 is 11.1 Å². The van der Waals surface area contributed by atoms with Gasteiger partial charge < -0.3 is 16.0 Å². The predicted molar refractivity (Wildman–Crippen MR) is 64.0 cm³/mol. The normalized spacial score (nSPS) is 22.9. The number of carbonyl (C=O) groups excluding carboxylic acids is 1. The summed E-state index contributed by atoms with van der Waals surface area (Å²) in [7, 11) is 2.13. The molecule has 1 amide bonds. The van der Waals surface area contributed by atoms with Crippen molar-refractivity contribution in [3.63, 3.8) is 0 Å². The molecule has 0 aromatic heterocycles. The smallest absolute Gasteiger partial charge is 0.227 e. The Hall–Kier alpha value is -0.610. The van der Waals surface area contributed by atoms with E-state index in [4.69, 9.17) is 5.73 Å². The molecule has 0 aliphatic heterocycles. The zero-order chi connectivity index (χ0) is 11.6. The molecule has 0 unspecified atom stereocenters. The van der Waals surface area contributed by atoms with E-state index in [0.717, 1.165) is 38.4 Å². The molecule has 4 heteroatoms. The Bertz CT molecular complexity index is 253. The summed E-state index contributed by atoms with van der Waals surface area (Å²) >= 11 is 0. The maximum Gasteiger partial charge on any atom is 0.227 e. The largest absolute Gasteiger partial charge is 0.354 e. The van der Waals surface area contributed by atoms with Crippen LogP contribution in [-0.2, 0) is 4.79 Å². The number of likely N-dealkylation sites (N-methyl/N-ethyl adjacent to an activating group) is 1. The van der Waals surface area contributed by atoms with Crippen molar-refractivity contribution in [3.05, 3.63) is 0 Å². The van der Waals surface area contributed by atoms with E-state index in [0.29, 0.717) is 6.54 Å².